The first-order chi connectivity index (χ1) is 9.49. The molecule has 0 unspecified atom stereocenters. The molecular weight excluding hydrogens is 273 g/mol. The van der Waals surface area contributed by atoms with E-state index in [1.54, 1.807) is 12.3 Å². The van der Waals surface area contributed by atoms with Gasteiger partial charge in [0.25, 0.3) is 0 Å². The Morgan fingerprint density at radius 3 is 2.80 bits per heavy atom. The van der Waals surface area contributed by atoms with Crippen LogP contribution in [-0.4, -0.2) is 26.7 Å². The number of aliphatic hydroxyl groups is 1. The average molecular weight is 286 g/mol. The van der Waals surface area contributed by atoms with E-state index in [-0.39, 0.29) is 13.2 Å². The predicted molar refractivity (Wildman–Crippen MR) is 65.9 cm³/mol. The molecule has 1 heterocycles. The zero-order chi connectivity index (χ0) is 14.6. The molecule has 0 aliphatic rings. The van der Waals surface area contributed by atoms with Gasteiger partial charge in [0.15, 0.2) is 0 Å². The molecule has 0 aliphatic carbocycles. The molecule has 20 heavy (non-hydrogen) atoms. The normalized spacial score (nSPS) is 11.6. The summed E-state index contributed by atoms with van der Waals surface area (Å²) in [6, 6.07) is 4.95. The third-order valence-electron chi connectivity index (χ3n) is 2.58. The molecule has 0 atom stereocenters. The number of alkyl halides is 3. The summed E-state index contributed by atoms with van der Waals surface area (Å²) in [7, 11) is 0. The summed E-state index contributed by atoms with van der Waals surface area (Å²) in [6.07, 6.45) is -2.74. The van der Waals surface area contributed by atoms with E-state index in [0.29, 0.717) is 17.9 Å². The molecule has 0 spiro atoms. The van der Waals surface area contributed by atoms with Crippen LogP contribution in [0.1, 0.15) is 11.3 Å². The van der Waals surface area contributed by atoms with Crippen LogP contribution in [0, 0.1) is 0 Å². The topological polar surface area (TPSA) is 63.0 Å². The van der Waals surface area contributed by atoms with E-state index in [9.17, 15) is 13.2 Å². The molecule has 8 heteroatoms. The zero-order valence-electron chi connectivity index (χ0n) is 10.4. The maximum absolute atomic E-state index is 12.5. The monoisotopic (exact) mass is 286 g/mol. The molecule has 2 rings (SSSR count). The molecule has 0 aliphatic heterocycles. The van der Waals surface area contributed by atoms with E-state index >= 15 is 0 Å². The van der Waals surface area contributed by atoms with Gasteiger partial charge in [-0.25, -0.2) is 4.68 Å². The van der Waals surface area contributed by atoms with Gasteiger partial charge < -0.3 is 10.4 Å². The molecule has 2 aromatic rings. The largest absolute Gasteiger partial charge is 0.416 e. The van der Waals surface area contributed by atoms with Crippen LogP contribution in [0.25, 0.3) is 0 Å². The first-order valence-electron chi connectivity index (χ1n) is 5.90. The van der Waals surface area contributed by atoms with Gasteiger partial charge in [-0.15, -0.1) is 5.10 Å². The minimum atomic E-state index is -4.36. The highest BCUT2D eigenvalue weighted by atomic mass is 19.4. The second-order valence-electron chi connectivity index (χ2n) is 4.13. The molecule has 0 bridgehead atoms. The van der Waals surface area contributed by atoms with Gasteiger partial charge in [-0.2, -0.15) is 13.2 Å². The fraction of sp³-hybridized carbons (Fsp3) is 0.333. The molecule has 0 saturated carbocycles. The van der Waals surface area contributed by atoms with Crippen LogP contribution < -0.4 is 5.32 Å². The summed E-state index contributed by atoms with van der Waals surface area (Å²) >= 11 is 0. The van der Waals surface area contributed by atoms with E-state index in [1.165, 1.54) is 10.7 Å². The van der Waals surface area contributed by atoms with Crippen LogP contribution in [-0.2, 0) is 19.3 Å². The number of hydrogen-bond acceptors (Lipinski definition) is 4. The number of halogens is 3. The van der Waals surface area contributed by atoms with Gasteiger partial charge in [-0.05, 0) is 18.2 Å². The van der Waals surface area contributed by atoms with Crippen LogP contribution in [0.2, 0.25) is 0 Å². The Kier molecular flexibility index (Phi) is 4.23. The van der Waals surface area contributed by atoms with Crippen molar-refractivity contribution in [2.24, 2.45) is 0 Å². The molecule has 1 aromatic carbocycles. The van der Waals surface area contributed by atoms with Crippen molar-refractivity contribution in [3.8, 4) is 0 Å². The van der Waals surface area contributed by atoms with Gasteiger partial charge in [0, 0.05) is 5.69 Å². The lowest BCUT2D eigenvalue weighted by molar-refractivity contribution is -0.137. The number of nitrogens with one attached hydrogen (secondary N) is 1. The van der Waals surface area contributed by atoms with Crippen LogP contribution in [0.4, 0.5) is 18.9 Å². The first kappa shape index (κ1) is 14.3. The first-order valence-corrected chi connectivity index (χ1v) is 5.90. The second kappa shape index (κ2) is 5.91. The molecule has 1 aromatic heterocycles. The van der Waals surface area contributed by atoms with Gasteiger partial charge in [0.05, 0.1) is 31.5 Å². The number of nitrogens with zero attached hydrogens (tertiary/aromatic N) is 3. The Labute approximate surface area is 113 Å². The quantitative estimate of drug-likeness (QED) is 0.881. The fourth-order valence-corrected chi connectivity index (χ4v) is 1.63. The predicted octanol–water partition coefficient (Wildman–Crippen LogP) is 1.90. The Bertz CT molecular complexity index is 568. The van der Waals surface area contributed by atoms with Crippen molar-refractivity contribution in [1.82, 2.24) is 15.0 Å². The van der Waals surface area contributed by atoms with E-state index in [1.807, 2.05) is 0 Å². The summed E-state index contributed by atoms with van der Waals surface area (Å²) < 4.78 is 39.1. The third-order valence-corrected chi connectivity index (χ3v) is 2.58. The lowest BCUT2D eigenvalue weighted by atomic mass is 10.2. The molecule has 5 nitrogen and oxygen atoms in total. The van der Waals surface area contributed by atoms with E-state index in [2.05, 4.69) is 15.6 Å². The number of hydrogen-bond donors (Lipinski definition) is 2. The second-order valence-corrected chi connectivity index (χ2v) is 4.13. The van der Waals surface area contributed by atoms with Crippen LogP contribution >= 0.6 is 0 Å². The van der Waals surface area contributed by atoms with Gasteiger partial charge in [0.2, 0.25) is 0 Å². The number of aromatic nitrogens is 3. The zero-order valence-corrected chi connectivity index (χ0v) is 10.4. The molecule has 0 fully saturated rings. The van der Waals surface area contributed by atoms with Crippen LogP contribution in [0.15, 0.2) is 30.5 Å². The SMILES string of the molecule is OCCn1cc(CNc2cccc(C(F)(F)F)c2)nn1. The number of rotatable bonds is 5. The van der Waals surface area contributed by atoms with E-state index in [0.717, 1.165) is 12.1 Å². The summed E-state index contributed by atoms with van der Waals surface area (Å²) in [4.78, 5) is 0. The Hall–Kier alpha value is -2.09. The van der Waals surface area contributed by atoms with Gasteiger partial charge in [-0.3, -0.25) is 0 Å². The van der Waals surface area contributed by atoms with Crippen molar-refractivity contribution in [2.75, 3.05) is 11.9 Å². The highest BCUT2D eigenvalue weighted by molar-refractivity contribution is 5.46. The van der Waals surface area contributed by atoms with Crippen molar-refractivity contribution >= 4 is 5.69 Å². The highest BCUT2D eigenvalue weighted by Crippen LogP contribution is 2.30. The minimum absolute atomic E-state index is 0.0517. The summed E-state index contributed by atoms with van der Waals surface area (Å²) in [5.74, 6) is 0. The summed E-state index contributed by atoms with van der Waals surface area (Å²) in [5, 5.41) is 19.2. The molecule has 2 N–H and O–H groups in total. The number of aliphatic hydroxyl groups excluding tert-OH is 1. The molecule has 0 amide bonds. The van der Waals surface area contributed by atoms with Crippen molar-refractivity contribution in [2.45, 2.75) is 19.3 Å². The number of anilines is 1. The standard InChI is InChI=1S/C12H13F3N4O/c13-12(14,15)9-2-1-3-10(6-9)16-7-11-8-19(4-5-20)18-17-11/h1-3,6,8,16,20H,4-5,7H2. The summed E-state index contributed by atoms with van der Waals surface area (Å²) in [5.41, 5.74) is 0.235. The molecule has 0 radical (unpaired) electrons. The lowest BCUT2D eigenvalue weighted by Crippen LogP contribution is -2.06. The summed E-state index contributed by atoms with van der Waals surface area (Å²) in [6.45, 7) is 0.535. The lowest BCUT2D eigenvalue weighted by Gasteiger charge is -2.09. The van der Waals surface area contributed by atoms with Crippen LogP contribution in [0.3, 0.4) is 0 Å². The van der Waals surface area contributed by atoms with Crippen molar-refractivity contribution in [1.29, 1.82) is 0 Å². The average Bonchev–Trinajstić information content (AvgIpc) is 2.84. The van der Waals surface area contributed by atoms with Crippen molar-refractivity contribution in [3.63, 3.8) is 0 Å². The Morgan fingerprint density at radius 2 is 2.10 bits per heavy atom. The molecular formula is C12H13F3N4O. The maximum Gasteiger partial charge on any atom is 0.416 e. The van der Waals surface area contributed by atoms with Gasteiger partial charge in [-0.1, -0.05) is 11.3 Å². The Morgan fingerprint density at radius 1 is 1.30 bits per heavy atom. The fourth-order valence-electron chi connectivity index (χ4n) is 1.63. The van der Waals surface area contributed by atoms with Gasteiger partial charge >= 0.3 is 6.18 Å². The smallest absolute Gasteiger partial charge is 0.394 e. The Balaban J connectivity index is 1.99. The van der Waals surface area contributed by atoms with Crippen molar-refractivity contribution in [3.05, 3.63) is 41.7 Å². The van der Waals surface area contributed by atoms with Crippen LogP contribution in [0.5, 0.6) is 0 Å². The molecule has 0 saturated heterocycles. The van der Waals surface area contributed by atoms with E-state index in [4.69, 9.17) is 5.11 Å². The third kappa shape index (κ3) is 3.70. The maximum atomic E-state index is 12.5. The number of benzene rings is 1. The molecule has 108 valence electrons. The van der Waals surface area contributed by atoms with E-state index < -0.39 is 11.7 Å². The van der Waals surface area contributed by atoms with Crippen molar-refractivity contribution < 1.29 is 18.3 Å². The minimum Gasteiger partial charge on any atom is -0.394 e. The highest BCUT2D eigenvalue weighted by Gasteiger charge is 2.30. The van der Waals surface area contributed by atoms with Gasteiger partial charge in [0.1, 0.15) is 5.69 Å².